The highest BCUT2D eigenvalue weighted by Gasteiger charge is 2.58. The minimum Gasteiger partial charge on any atom is -0.316 e. The maximum Gasteiger partial charge on any atom is 0.419 e. The molecule has 3 nitrogen and oxygen atoms in total. The maximum atomic E-state index is 13.6. The van der Waals surface area contributed by atoms with Gasteiger partial charge >= 0.3 is 12.2 Å². The van der Waals surface area contributed by atoms with E-state index in [1.807, 2.05) is 5.32 Å². The van der Waals surface area contributed by atoms with Crippen LogP contribution in [0.1, 0.15) is 18.4 Å². The minimum atomic E-state index is -4.60. The zero-order valence-electron chi connectivity index (χ0n) is 10.5. The molecule has 2 aliphatic rings. The van der Waals surface area contributed by atoms with Crippen LogP contribution in [0.3, 0.4) is 0 Å². The Labute approximate surface area is 113 Å². The van der Waals surface area contributed by atoms with Crippen LogP contribution in [0.2, 0.25) is 0 Å². The molecule has 1 heterocycles. The van der Waals surface area contributed by atoms with Crippen molar-refractivity contribution in [2.45, 2.75) is 24.6 Å². The van der Waals surface area contributed by atoms with E-state index in [0.29, 0.717) is 0 Å². The second-order valence-corrected chi connectivity index (χ2v) is 5.13. The van der Waals surface area contributed by atoms with Crippen molar-refractivity contribution >= 4 is 11.7 Å². The lowest BCUT2D eigenvalue weighted by molar-refractivity contribution is -0.181. The Kier molecular flexibility index (Phi) is 2.77. The molecule has 0 bridgehead atoms. The standard InChI is InChI=1S/C14H13F3N2O/c15-14(16,17)13(8-7-9-5-6-9)10-3-1-2-4-11(10)18-12(20)19-13/h1-4,7-9H,5-6H2,(H2,18,19,20)/b8-7+/t13-/m0/s1. The number of carbonyl (C=O) groups excluding carboxylic acids is 1. The molecule has 1 aliphatic carbocycles. The van der Waals surface area contributed by atoms with Gasteiger partial charge in [-0.2, -0.15) is 13.2 Å². The molecule has 1 atom stereocenters. The largest absolute Gasteiger partial charge is 0.419 e. The zero-order valence-corrected chi connectivity index (χ0v) is 10.5. The average Bonchev–Trinajstić information content (AvgIpc) is 3.18. The first-order valence-corrected chi connectivity index (χ1v) is 6.37. The summed E-state index contributed by atoms with van der Waals surface area (Å²) in [5, 5.41) is 4.45. The first kappa shape index (κ1) is 13.0. The van der Waals surface area contributed by atoms with Crippen LogP contribution in [0.4, 0.5) is 23.7 Å². The Morgan fingerprint density at radius 3 is 2.60 bits per heavy atom. The third-order valence-corrected chi connectivity index (χ3v) is 3.60. The fourth-order valence-corrected chi connectivity index (χ4v) is 2.35. The summed E-state index contributed by atoms with van der Waals surface area (Å²) in [4.78, 5) is 11.6. The van der Waals surface area contributed by atoms with E-state index in [9.17, 15) is 18.0 Å². The number of benzene rings is 1. The number of amides is 2. The molecule has 106 valence electrons. The molecule has 0 radical (unpaired) electrons. The number of rotatable bonds is 2. The van der Waals surface area contributed by atoms with E-state index in [0.717, 1.165) is 18.9 Å². The fourth-order valence-electron chi connectivity index (χ4n) is 2.35. The van der Waals surface area contributed by atoms with Crippen molar-refractivity contribution in [2.24, 2.45) is 5.92 Å². The second kappa shape index (κ2) is 4.26. The van der Waals surface area contributed by atoms with Gasteiger partial charge in [0.05, 0.1) is 0 Å². The average molecular weight is 282 g/mol. The predicted octanol–water partition coefficient (Wildman–Crippen LogP) is 3.55. The number of alkyl halides is 3. The summed E-state index contributed by atoms with van der Waals surface area (Å²) >= 11 is 0. The lowest BCUT2D eigenvalue weighted by Gasteiger charge is -2.39. The SMILES string of the molecule is O=C1Nc2ccccc2[C@@](/C=C/C2CC2)(C(F)(F)F)N1. The van der Waals surface area contributed by atoms with Crippen molar-refractivity contribution in [1.29, 1.82) is 0 Å². The number of para-hydroxylation sites is 1. The van der Waals surface area contributed by atoms with Crippen molar-refractivity contribution in [3.05, 3.63) is 42.0 Å². The van der Waals surface area contributed by atoms with Gasteiger partial charge in [0.2, 0.25) is 0 Å². The molecule has 1 aromatic rings. The highest BCUT2D eigenvalue weighted by molar-refractivity contribution is 5.94. The van der Waals surface area contributed by atoms with Crippen LogP contribution >= 0.6 is 0 Å². The molecular weight excluding hydrogens is 269 g/mol. The molecule has 1 saturated carbocycles. The number of nitrogens with one attached hydrogen (secondary N) is 2. The van der Waals surface area contributed by atoms with Gasteiger partial charge in [-0.3, -0.25) is 0 Å². The van der Waals surface area contributed by atoms with Crippen molar-refractivity contribution in [3.8, 4) is 0 Å². The van der Waals surface area contributed by atoms with Gasteiger partial charge < -0.3 is 10.6 Å². The summed E-state index contributed by atoms with van der Waals surface area (Å²) in [7, 11) is 0. The molecular formula is C14H13F3N2O. The highest BCUT2D eigenvalue weighted by Crippen LogP contribution is 2.46. The monoisotopic (exact) mass is 282 g/mol. The minimum absolute atomic E-state index is 0.0176. The van der Waals surface area contributed by atoms with E-state index in [-0.39, 0.29) is 17.2 Å². The predicted molar refractivity (Wildman–Crippen MR) is 68.2 cm³/mol. The normalized spacial score (nSPS) is 26.1. The topological polar surface area (TPSA) is 41.1 Å². The third-order valence-electron chi connectivity index (χ3n) is 3.60. The summed E-state index contributed by atoms with van der Waals surface area (Å²) in [5.41, 5.74) is -2.24. The van der Waals surface area contributed by atoms with E-state index >= 15 is 0 Å². The summed E-state index contributed by atoms with van der Waals surface area (Å²) in [6.45, 7) is 0. The number of allylic oxidation sites excluding steroid dienone is 1. The van der Waals surface area contributed by atoms with Crippen LogP contribution in [0, 0.1) is 5.92 Å². The molecule has 1 fully saturated rings. The van der Waals surface area contributed by atoms with E-state index in [1.165, 1.54) is 18.2 Å². The highest BCUT2D eigenvalue weighted by atomic mass is 19.4. The van der Waals surface area contributed by atoms with Crippen LogP contribution in [-0.4, -0.2) is 12.2 Å². The van der Waals surface area contributed by atoms with Crippen molar-refractivity contribution in [3.63, 3.8) is 0 Å². The third kappa shape index (κ3) is 2.05. The van der Waals surface area contributed by atoms with Gasteiger partial charge in [0.25, 0.3) is 0 Å². The lowest BCUT2D eigenvalue weighted by atomic mass is 9.85. The molecule has 0 spiro atoms. The number of hydrogen-bond acceptors (Lipinski definition) is 1. The molecule has 1 aromatic carbocycles. The van der Waals surface area contributed by atoms with Crippen molar-refractivity contribution in [2.75, 3.05) is 5.32 Å². The maximum absolute atomic E-state index is 13.6. The van der Waals surface area contributed by atoms with Crippen molar-refractivity contribution < 1.29 is 18.0 Å². The van der Waals surface area contributed by atoms with E-state index in [1.54, 1.807) is 12.1 Å². The van der Waals surface area contributed by atoms with Gasteiger partial charge in [0.15, 0.2) is 5.54 Å². The Hall–Kier alpha value is -1.98. The number of fused-ring (bicyclic) bond motifs is 1. The summed E-state index contributed by atoms with van der Waals surface area (Å²) < 4.78 is 40.9. The van der Waals surface area contributed by atoms with Crippen LogP contribution in [0.15, 0.2) is 36.4 Å². The molecule has 1 aliphatic heterocycles. The molecule has 0 saturated heterocycles. The molecule has 0 aromatic heterocycles. The molecule has 3 rings (SSSR count). The van der Waals surface area contributed by atoms with E-state index in [4.69, 9.17) is 0 Å². The van der Waals surface area contributed by atoms with Gasteiger partial charge in [-0.15, -0.1) is 0 Å². The number of hydrogen-bond donors (Lipinski definition) is 2. The fraction of sp³-hybridized carbons (Fsp3) is 0.357. The Bertz CT molecular complexity index is 578. The number of anilines is 1. The van der Waals surface area contributed by atoms with E-state index < -0.39 is 17.7 Å². The van der Waals surface area contributed by atoms with Crippen LogP contribution < -0.4 is 10.6 Å². The van der Waals surface area contributed by atoms with Gasteiger partial charge in [-0.25, -0.2) is 4.79 Å². The summed E-state index contributed by atoms with van der Waals surface area (Å²) in [5.74, 6) is 0.188. The molecule has 2 N–H and O–H groups in total. The Morgan fingerprint density at radius 1 is 1.25 bits per heavy atom. The van der Waals surface area contributed by atoms with Gasteiger partial charge in [-0.1, -0.05) is 24.3 Å². The molecule has 20 heavy (non-hydrogen) atoms. The zero-order chi connectivity index (χ0) is 14.4. The Balaban J connectivity index is 2.15. The number of carbonyl (C=O) groups is 1. The van der Waals surface area contributed by atoms with Crippen LogP contribution in [0.5, 0.6) is 0 Å². The first-order chi connectivity index (χ1) is 9.42. The summed E-state index contributed by atoms with van der Waals surface area (Å²) in [6.07, 6.45) is -0.166. The van der Waals surface area contributed by atoms with Gasteiger partial charge in [0.1, 0.15) is 0 Å². The summed E-state index contributed by atoms with van der Waals surface area (Å²) in [6, 6.07) is 5.13. The lowest BCUT2D eigenvalue weighted by Crippen LogP contribution is -2.58. The quantitative estimate of drug-likeness (QED) is 0.800. The van der Waals surface area contributed by atoms with Crippen LogP contribution in [-0.2, 0) is 5.54 Å². The number of halogens is 3. The van der Waals surface area contributed by atoms with Crippen LogP contribution in [0.25, 0.3) is 0 Å². The van der Waals surface area contributed by atoms with E-state index in [2.05, 4.69) is 5.32 Å². The molecule has 2 amide bonds. The van der Waals surface area contributed by atoms with Gasteiger partial charge in [0, 0.05) is 11.3 Å². The first-order valence-electron chi connectivity index (χ1n) is 6.37. The second-order valence-electron chi connectivity index (χ2n) is 5.13. The smallest absolute Gasteiger partial charge is 0.316 e. The number of urea groups is 1. The van der Waals surface area contributed by atoms with Gasteiger partial charge in [-0.05, 0) is 30.9 Å². The molecule has 0 unspecified atom stereocenters. The Morgan fingerprint density at radius 2 is 1.95 bits per heavy atom. The molecule has 6 heteroatoms. The van der Waals surface area contributed by atoms with Crippen molar-refractivity contribution in [1.82, 2.24) is 5.32 Å².